The van der Waals surface area contributed by atoms with Gasteiger partial charge in [0, 0.05) is 33.9 Å². The van der Waals surface area contributed by atoms with Gasteiger partial charge >= 0.3 is 0 Å². The number of aliphatic hydroxyl groups excluding tert-OH is 1. The van der Waals surface area contributed by atoms with E-state index in [2.05, 4.69) is 95.5 Å². The largest absolute Gasteiger partial charge is 0.497 e. The quantitative estimate of drug-likeness (QED) is 0.0238. The van der Waals surface area contributed by atoms with E-state index in [0.717, 1.165) is 33.3 Å². The molecule has 0 aliphatic rings. The number of hydrogen-bond acceptors (Lipinski definition) is 9. The fourth-order valence-corrected chi connectivity index (χ4v) is 12.9. The molecule has 1 N–H and O–H groups in total. The van der Waals surface area contributed by atoms with E-state index in [1.807, 2.05) is 66.7 Å². The highest BCUT2D eigenvalue weighted by Crippen LogP contribution is 2.39. The average molecular weight is 885 g/mol. The smallest absolute Gasteiger partial charge is 0.261 e. The second kappa shape index (κ2) is 26.1. The molecule has 338 valence electrons. The van der Waals surface area contributed by atoms with Gasteiger partial charge in [-0.1, -0.05) is 150 Å². The predicted octanol–water partition coefficient (Wildman–Crippen LogP) is 9.48. The lowest BCUT2D eigenvalue weighted by molar-refractivity contribution is -0.144. The van der Waals surface area contributed by atoms with Gasteiger partial charge in [0.15, 0.2) is 0 Å². The topological polar surface area (TPSA) is 102 Å². The van der Waals surface area contributed by atoms with Gasteiger partial charge in [-0.05, 0) is 57.6 Å². The molecule has 0 spiro atoms. The zero-order valence-electron chi connectivity index (χ0n) is 38.3. The lowest BCUT2D eigenvalue weighted by Crippen LogP contribution is -2.68. The zero-order valence-corrected chi connectivity index (χ0v) is 40.3. The van der Waals surface area contributed by atoms with E-state index in [4.69, 9.17) is 32.8 Å². The lowest BCUT2D eigenvalue weighted by Gasteiger charge is -2.46. The van der Waals surface area contributed by atoms with Crippen LogP contribution in [-0.2, 0) is 46.1 Å². The molecule has 4 rings (SSSR count). The van der Waals surface area contributed by atoms with Crippen LogP contribution in [0.25, 0.3) is 0 Å². The molecule has 0 heterocycles. The molecule has 62 heavy (non-hydrogen) atoms. The van der Waals surface area contributed by atoms with Crippen LogP contribution in [0.3, 0.4) is 0 Å². The Labute approximate surface area is 373 Å². The second-order valence-corrected chi connectivity index (χ2v) is 28.1. The first-order valence-corrected chi connectivity index (χ1v) is 27.6. The maximum Gasteiger partial charge on any atom is 0.261 e. The van der Waals surface area contributed by atoms with E-state index in [-0.39, 0.29) is 56.4 Å². The van der Waals surface area contributed by atoms with Crippen molar-refractivity contribution in [1.82, 2.24) is 0 Å². The third-order valence-corrected chi connectivity index (χ3v) is 17.6. The summed E-state index contributed by atoms with van der Waals surface area (Å²) >= 11 is 0. The van der Waals surface area contributed by atoms with Crippen LogP contribution in [0.1, 0.15) is 64.0 Å². The summed E-state index contributed by atoms with van der Waals surface area (Å²) in [6, 6.07) is 39.5. The van der Waals surface area contributed by atoms with Gasteiger partial charge in [-0.15, -0.1) is 6.58 Å². The highest BCUT2D eigenvalue weighted by atomic mass is 28.4. The Morgan fingerprint density at radius 2 is 1.29 bits per heavy atom. The SMILES string of the molecule is C=CC[C@@H](CC(=O)C[C@H](O)C[C@H](C[C@H](COCOCC[Si](C)(C)C)OCOCc1ccccc1)O[Si](c1ccccc1)(c1ccccc1)C(C)(C)C)OCc1ccc(OC)cc1. The summed E-state index contributed by atoms with van der Waals surface area (Å²) in [4.78, 5) is 13.7. The van der Waals surface area contributed by atoms with Crippen molar-refractivity contribution >= 4 is 32.5 Å². The van der Waals surface area contributed by atoms with Gasteiger partial charge in [-0.2, -0.15) is 0 Å². The van der Waals surface area contributed by atoms with Crippen molar-refractivity contribution in [3.8, 4) is 5.75 Å². The molecule has 0 unspecified atom stereocenters. The minimum atomic E-state index is -3.10. The summed E-state index contributed by atoms with van der Waals surface area (Å²) in [5.41, 5.74) is 2.02. The summed E-state index contributed by atoms with van der Waals surface area (Å²) in [7, 11) is -2.74. The van der Waals surface area contributed by atoms with Crippen LogP contribution >= 0.6 is 0 Å². The number of rotatable bonds is 30. The first kappa shape index (κ1) is 50.9. The van der Waals surface area contributed by atoms with Crippen LogP contribution in [0.4, 0.5) is 0 Å². The van der Waals surface area contributed by atoms with Crippen molar-refractivity contribution in [2.75, 3.05) is 33.9 Å². The van der Waals surface area contributed by atoms with Gasteiger partial charge in [-0.25, -0.2) is 0 Å². The number of ketones is 1. The summed E-state index contributed by atoms with van der Waals surface area (Å²) in [6.45, 7) is 19.3. The average Bonchev–Trinajstić information content (AvgIpc) is 3.24. The first-order chi connectivity index (χ1) is 29.7. The van der Waals surface area contributed by atoms with Gasteiger partial charge < -0.3 is 38.0 Å². The predicted molar refractivity (Wildman–Crippen MR) is 254 cm³/mol. The van der Waals surface area contributed by atoms with E-state index >= 15 is 0 Å². The van der Waals surface area contributed by atoms with Crippen LogP contribution in [-0.4, -0.2) is 85.6 Å². The summed E-state index contributed by atoms with van der Waals surface area (Å²) in [5, 5.41) is 13.8. The van der Waals surface area contributed by atoms with Gasteiger partial charge in [0.25, 0.3) is 8.32 Å². The standard InChI is InChI=1S/C51H72O9Si2/c1-9-19-46(58-37-42-26-28-45(54-5)29-27-42)33-43(52)32-44(53)34-47(60-62(51(2,3)4,49-22-15-11-16-23-49)50-24-17-12-18-25-50)35-48(38-57-39-55-30-31-61(6,7)8)59-40-56-36-41-20-13-10-14-21-41/h9-18,20-29,44,46-48,53H,1,19,30-40H2,2-8H3/t44-,46-,47+,48+/m0/s1. The number of carbonyl (C=O) groups excluding carboxylic acids is 1. The van der Waals surface area contributed by atoms with E-state index in [1.165, 1.54) is 0 Å². The van der Waals surface area contributed by atoms with Crippen LogP contribution in [0.5, 0.6) is 5.75 Å². The van der Waals surface area contributed by atoms with Crippen molar-refractivity contribution in [1.29, 1.82) is 0 Å². The van der Waals surface area contributed by atoms with E-state index in [0.29, 0.717) is 32.7 Å². The molecule has 4 atom stereocenters. The molecular weight excluding hydrogens is 813 g/mol. The Balaban J connectivity index is 1.59. The van der Waals surface area contributed by atoms with Crippen LogP contribution in [0.2, 0.25) is 30.7 Å². The van der Waals surface area contributed by atoms with Gasteiger partial charge in [0.2, 0.25) is 0 Å². The lowest BCUT2D eigenvalue weighted by atomic mass is 9.99. The number of ether oxygens (including phenoxy) is 6. The fraction of sp³-hybridized carbons (Fsp3) is 0.471. The monoisotopic (exact) mass is 884 g/mol. The molecule has 4 aromatic rings. The molecular formula is C51H72O9Si2. The van der Waals surface area contributed by atoms with Gasteiger partial charge in [-0.3, -0.25) is 4.79 Å². The van der Waals surface area contributed by atoms with Crippen LogP contribution in [0.15, 0.2) is 128 Å². The molecule has 4 aromatic carbocycles. The van der Waals surface area contributed by atoms with E-state index in [1.54, 1.807) is 13.2 Å². The molecule has 0 aliphatic heterocycles. The van der Waals surface area contributed by atoms with Crippen molar-refractivity contribution in [2.45, 2.75) is 121 Å². The fourth-order valence-electron chi connectivity index (χ4n) is 7.48. The summed E-state index contributed by atoms with van der Waals surface area (Å²) in [5.74, 6) is 0.672. The molecule has 0 bridgehead atoms. The minimum Gasteiger partial charge on any atom is -0.497 e. The third kappa shape index (κ3) is 17.4. The highest BCUT2D eigenvalue weighted by molar-refractivity contribution is 6.99. The molecule has 0 saturated heterocycles. The highest BCUT2D eigenvalue weighted by Gasteiger charge is 2.51. The summed E-state index contributed by atoms with van der Waals surface area (Å²) < 4.78 is 43.6. The maximum atomic E-state index is 13.7. The molecule has 0 aliphatic carbocycles. The number of hydrogen-bond donors (Lipinski definition) is 1. The number of methoxy groups -OCH3 is 1. The normalized spacial score (nSPS) is 14.2. The number of carbonyl (C=O) groups is 1. The molecule has 0 fully saturated rings. The number of benzene rings is 4. The molecule has 0 saturated carbocycles. The Hall–Kier alpha value is -3.76. The Bertz CT molecular complexity index is 1790. The summed E-state index contributed by atoms with van der Waals surface area (Å²) in [6.07, 6.45) is 0.577. The van der Waals surface area contributed by atoms with Crippen LogP contribution in [0, 0.1) is 0 Å². The minimum absolute atomic E-state index is 0.0353. The number of Topliss-reactive ketones (excluding diaryl/α,β-unsaturated/α-hetero) is 1. The second-order valence-electron chi connectivity index (χ2n) is 18.2. The van der Waals surface area contributed by atoms with Crippen LogP contribution < -0.4 is 15.1 Å². The van der Waals surface area contributed by atoms with E-state index < -0.39 is 34.7 Å². The Morgan fingerprint density at radius 3 is 1.85 bits per heavy atom. The van der Waals surface area contributed by atoms with Gasteiger partial charge in [0.05, 0.1) is 51.3 Å². The van der Waals surface area contributed by atoms with Crippen molar-refractivity contribution in [3.05, 3.63) is 139 Å². The van der Waals surface area contributed by atoms with E-state index in [9.17, 15) is 9.90 Å². The number of aliphatic hydroxyl groups is 1. The Kier molecular flexibility index (Phi) is 21.4. The van der Waals surface area contributed by atoms with Crippen molar-refractivity contribution in [2.24, 2.45) is 0 Å². The maximum absolute atomic E-state index is 13.7. The molecule has 0 aromatic heterocycles. The molecule has 11 heteroatoms. The zero-order chi connectivity index (χ0) is 44.9. The molecule has 0 radical (unpaired) electrons. The van der Waals surface area contributed by atoms with Crippen molar-refractivity contribution in [3.63, 3.8) is 0 Å². The first-order valence-electron chi connectivity index (χ1n) is 21.9. The Morgan fingerprint density at radius 1 is 0.694 bits per heavy atom. The molecule has 0 amide bonds. The molecule has 9 nitrogen and oxygen atoms in total. The van der Waals surface area contributed by atoms with Gasteiger partial charge in [0.1, 0.15) is 25.1 Å². The van der Waals surface area contributed by atoms with Crippen molar-refractivity contribution < 1.29 is 42.7 Å². The third-order valence-electron chi connectivity index (χ3n) is 10.8.